The highest BCUT2D eigenvalue weighted by Crippen LogP contribution is 2.21. The fraction of sp³-hybridized carbons (Fsp3) is 0.571. The number of halogens is 1. The second-order valence-corrected chi connectivity index (χ2v) is 7.49. The Morgan fingerprint density at radius 1 is 1.24 bits per heavy atom. The number of aliphatic imine (C=N–C) groups is 1. The van der Waals surface area contributed by atoms with Crippen LogP contribution in [0.3, 0.4) is 0 Å². The fourth-order valence-electron chi connectivity index (χ4n) is 3.22. The van der Waals surface area contributed by atoms with E-state index in [4.69, 9.17) is 4.42 Å². The quantitative estimate of drug-likeness (QED) is 0.349. The highest BCUT2D eigenvalue weighted by atomic mass is 127. The van der Waals surface area contributed by atoms with Gasteiger partial charge in [0.1, 0.15) is 11.6 Å². The van der Waals surface area contributed by atoms with Gasteiger partial charge in [-0.1, -0.05) is 13.0 Å². The number of piperidine rings is 1. The fourth-order valence-corrected chi connectivity index (χ4v) is 3.22. The molecule has 8 heteroatoms. The number of nitrogens with one attached hydrogen (secondary N) is 2. The van der Waals surface area contributed by atoms with E-state index >= 15 is 0 Å². The number of aromatic nitrogens is 2. The van der Waals surface area contributed by atoms with E-state index in [0.717, 1.165) is 54.3 Å². The van der Waals surface area contributed by atoms with E-state index in [1.54, 1.807) is 0 Å². The summed E-state index contributed by atoms with van der Waals surface area (Å²) in [5.74, 6) is 4.16. The molecule has 1 aliphatic heterocycles. The summed E-state index contributed by atoms with van der Waals surface area (Å²) in [6.45, 7) is 12.3. The second kappa shape index (κ2) is 11.4. The average molecular weight is 512 g/mol. The summed E-state index contributed by atoms with van der Waals surface area (Å²) < 4.78 is 5.61. The van der Waals surface area contributed by atoms with E-state index in [0.29, 0.717) is 19.0 Å². The molecule has 0 amide bonds. The maximum atomic E-state index is 5.61. The van der Waals surface area contributed by atoms with Gasteiger partial charge in [-0.05, 0) is 51.2 Å². The summed E-state index contributed by atoms with van der Waals surface area (Å²) in [5, 5.41) is 6.52. The van der Waals surface area contributed by atoms with Crippen LogP contribution >= 0.6 is 24.0 Å². The number of pyridine rings is 1. The van der Waals surface area contributed by atoms with Crippen LogP contribution in [0.1, 0.15) is 49.6 Å². The molecule has 2 N–H and O–H groups in total. The summed E-state index contributed by atoms with van der Waals surface area (Å²) in [6, 6.07) is 4.23. The normalized spacial score (nSPS) is 15.2. The van der Waals surface area contributed by atoms with Gasteiger partial charge in [-0.2, -0.15) is 0 Å². The standard InChI is InChI=1S/C21H32N6O.HI/c1-5-22-21(25-14-20-26-16(3)17(4)28-20)24-13-18-6-7-19(23-12-18)27-10-8-15(2)9-11-27;/h6-7,12,15H,5,8-11,13-14H2,1-4H3,(H2,22,24,25);1H. The zero-order chi connectivity index (χ0) is 19.9. The molecule has 3 heterocycles. The molecule has 0 spiro atoms. The minimum atomic E-state index is 0. The zero-order valence-corrected chi connectivity index (χ0v) is 20.2. The van der Waals surface area contributed by atoms with Crippen LogP contribution in [-0.4, -0.2) is 35.6 Å². The Labute approximate surface area is 190 Å². The van der Waals surface area contributed by atoms with Gasteiger partial charge in [0.2, 0.25) is 5.89 Å². The van der Waals surface area contributed by atoms with Crippen LogP contribution in [0.5, 0.6) is 0 Å². The van der Waals surface area contributed by atoms with Gasteiger partial charge in [0, 0.05) is 25.8 Å². The monoisotopic (exact) mass is 512 g/mol. The third kappa shape index (κ3) is 6.87. The first-order chi connectivity index (χ1) is 13.5. The molecule has 0 atom stereocenters. The Morgan fingerprint density at radius 3 is 2.59 bits per heavy atom. The minimum absolute atomic E-state index is 0. The van der Waals surface area contributed by atoms with E-state index in [1.165, 1.54) is 12.8 Å². The SMILES string of the molecule is CCNC(=NCc1ccc(N2CCC(C)CC2)nc1)NCc1nc(C)c(C)o1.I. The van der Waals surface area contributed by atoms with Crippen molar-refractivity contribution < 1.29 is 4.42 Å². The van der Waals surface area contributed by atoms with Crippen molar-refractivity contribution in [3.05, 3.63) is 41.2 Å². The Kier molecular flexibility index (Phi) is 9.19. The number of aryl methyl sites for hydroxylation is 2. The molecule has 2 aromatic rings. The molecule has 0 aromatic carbocycles. The number of oxazole rings is 1. The predicted octanol–water partition coefficient (Wildman–Crippen LogP) is 3.80. The number of rotatable bonds is 6. The third-order valence-electron chi connectivity index (χ3n) is 5.16. The number of hydrogen-bond donors (Lipinski definition) is 2. The highest BCUT2D eigenvalue weighted by Gasteiger charge is 2.16. The van der Waals surface area contributed by atoms with Gasteiger partial charge in [0.15, 0.2) is 5.96 Å². The minimum Gasteiger partial charge on any atom is -0.444 e. The van der Waals surface area contributed by atoms with Gasteiger partial charge in [0.05, 0.1) is 18.8 Å². The molecule has 0 saturated carbocycles. The largest absolute Gasteiger partial charge is 0.444 e. The third-order valence-corrected chi connectivity index (χ3v) is 5.16. The lowest BCUT2D eigenvalue weighted by molar-refractivity contribution is 0.436. The summed E-state index contributed by atoms with van der Waals surface area (Å²) in [5.41, 5.74) is 2.02. The van der Waals surface area contributed by atoms with E-state index < -0.39 is 0 Å². The molecule has 1 saturated heterocycles. The van der Waals surface area contributed by atoms with Crippen molar-refractivity contribution >= 4 is 35.8 Å². The van der Waals surface area contributed by atoms with Gasteiger partial charge in [-0.15, -0.1) is 24.0 Å². The van der Waals surface area contributed by atoms with Crippen LogP contribution in [0, 0.1) is 19.8 Å². The zero-order valence-electron chi connectivity index (χ0n) is 17.9. The second-order valence-electron chi connectivity index (χ2n) is 7.49. The van der Waals surface area contributed by atoms with Crippen molar-refractivity contribution in [3.8, 4) is 0 Å². The lowest BCUT2D eigenvalue weighted by atomic mass is 9.99. The van der Waals surface area contributed by atoms with Crippen LogP contribution in [0.25, 0.3) is 0 Å². The number of nitrogens with zero attached hydrogens (tertiary/aromatic N) is 4. The van der Waals surface area contributed by atoms with Crippen LogP contribution in [-0.2, 0) is 13.1 Å². The van der Waals surface area contributed by atoms with Crippen molar-refractivity contribution in [2.45, 2.75) is 53.6 Å². The summed E-state index contributed by atoms with van der Waals surface area (Å²) >= 11 is 0. The van der Waals surface area contributed by atoms with E-state index in [2.05, 4.69) is 49.6 Å². The summed E-state index contributed by atoms with van der Waals surface area (Å²) in [6.07, 6.45) is 4.42. The number of hydrogen-bond acceptors (Lipinski definition) is 5. The van der Waals surface area contributed by atoms with E-state index in [-0.39, 0.29) is 24.0 Å². The predicted molar refractivity (Wildman–Crippen MR) is 128 cm³/mol. The van der Waals surface area contributed by atoms with Crippen molar-refractivity contribution in [3.63, 3.8) is 0 Å². The van der Waals surface area contributed by atoms with Gasteiger partial charge in [-0.25, -0.2) is 15.0 Å². The first kappa shape index (κ1) is 23.4. The highest BCUT2D eigenvalue weighted by molar-refractivity contribution is 14.0. The average Bonchev–Trinajstić information content (AvgIpc) is 3.03. The van der Waals surface area contributed by atoms with E-state index in [1.807, 2.05) is 27.0 Å². The molecule has 1 aliphatic rings. The maximum Gasteiger partial charge on any atom is 0.214 e. The van der Waals surface area contributed by atoms with Crippen molar-refractivity contribution in [2.75, 3.05) is 24.5 Å². The molecule has 0 unspecified atom stereocenters. The molecular weight excluding hydrogens is 479 g/mol. The lowest BCUT2D eigenvalue weighted by Crippen LogP contribution is -2.36. The van der Waals surface area contributed by atoms with Crippen LogP contribution < -0.4 is 15.5 Å². The first-order valence-corrected chi connectivity index (χ1v) is 10.2. The molecule has 1 fully saturated rings. The van der Waals surface area contributed by atoms with Crippen molar-refractivity contribution in [2.24, 2.45) is 10.9 Å². The van der Waals surface area contributed by atoms with Gasteiger partial charge >= 0.3 is 0 Å². The summed E-state index contributed by atoms with van der Waals surface area (Å²) in [7, 11) is 0. The smallest absolute Gasteiger partial charge is 0.214 e. The maximum absolute atomic E-state index is 5.61. The molecule has 29 heavy (non-hydrogen) atoms. The Morgan fingerprint density at radius 2 is 2.00 bits per heavy atom. The molecule has 0 radical (unpaired) electrons. The van der Waals surface area contributed by atoms with Gasteiger partial charge < -0.3 is 20.0 Å². The summed E-state index contributed by atoms with van der Waals surface area (Å²) in [4.78, 5) is 16.1. The number of guanidine groups is 1. The topological polar surface area (TPSA) is 78.6 Å². The van der Waals surface area contributed by atoms with Crippen LogP contribution in [0.15, 0.2) is 27.7 Å². The molecule has 7 nitrogen and oxygen atoms in total. The van der Waals surface area contributed by atoms with Crippen LogP contribution in [0.4, 0.5) is 5.82 Å². The van der Waals surface area contributed by atoms with Gasteiger partial charge in [-0.3, -0.25) is 0 Å². The Bertz CT molecular complexity index is 761. The molecule has 0 aliphatic carbocycles. The lowest BCUT2D eigenvalue weighted by Gasteiger charge is -2.31. The Balaban J connectivity index is 0.00000300. The van der Waals surface area contributed by atoms with Crippen LogP contribution in [0.2, 0.25) is 0 Å². The molecule has 160 valence electrons. The van der Waals surface area contributed by atoms with E-state index in [9.17, 15) is 0 Å². The van der Waals surface area contributed by atoms with Gasteiger partial charge in [0.25, 0.3) is 0 Å². The molecular formula is C21H33IN6O. The van der Waals surface area contributed by atoms with Crippen molar-refractivity contribution in [1.82, 2.24) is 20.6 Å². The molecule has 2 aromatic heterocycles. The van der Waals surface area contributed by atoms with Crippen molar-refractivity contribution in [1.29, 1.82) is 0 Å². The Hall–Kier alpha value is -1.84. The first-order valence-electron chi connectivity index (χ1n) is 10.2. The molecule has 3 rings (SSSR count). The molecule has 0 bridgehead atoms. The number of anilines is 1.